The molecular formula is C14H14ClNO3. The maximum Gasteiger partial charge on any atom is 0.308 e. The average molecular weight is 280 g/mol. The highest BCUT2D eigenvalue weighted by Crippen LogP contribution is 2.23. The summed E-state index contributed by atoms with van der Waals surface area (Å²) in [5, 5.41) is 9.86. The molecule has 4 nitrogen and oxygen atoms in total. The summed E-state index contributed by atoms with van der Waals surface area (Å²) in [7, 11) is 1.82. The number of carboxylic acids is 1. The van der Waals surface area contributed by atoms with Crippen LogP contribution in [-0.4, -0.2) is 15.6 Å². The quantitative estimate of drug-likeness (QED) is 0.918. The van der Waals surface area contributed by atoms with Gasteiger partial charge in [-0.25, -0.2) is 0 Å². The normalized spacial score (nSPS) is 10.9. The summed E-state index contributed by atoms with van der Waals surface area (Å²) in [6.07, 6.45) is -0.278. The van der Waals surface area contributed by atoms with Crippen molar-refractivity contribution in [1.29, 1.82) is 0 Å². The van der Waals surface area contributed by atoms with Gasteiger partial charge in [0.1, 0.15) is 0 Å². The van der Waals surface area contributed by atoms with Gasteiger partial charge >= 0.3 is 5.97 Å². The number of rotatable bonds is 2. The van der Waals surface area contributed by atoms with Crippen LogP contribution in [0, 0.1) is 13.8 Å². The van der Waals surface area contributed by atoms with Crippen LogP contribution in [0.15, 0.2) is 16.9 Å². The summed E-state index contributed by atoms with van der Waals surface area (Å²) >= 11 is 5.98. The third kappa shape index (κ3) is 2.24. The topological polar surface area (TPSA) is 59.3 Å². The van der Waals surface area contributed by atoms with Gasteiger partial charge < -0.3 is 9.67 Å². The van der Waals surface area contributed by atoms with E-state index < -0.39 is 5.97 Å². The van der Waals surface area contributed by atoms with Crippen molar-refractivity contribution in [3.05, 3.63) is 44.2 Å². The molecule has 2 rings (SSSR count). The van der Waals surface area contributed by atoms with Gasteiger partial charge in [-0.1, -0.05) is 11.6 Å². The summed E-state index contributed by atoms with van der Waals surface area (Å²) in [6, 6.07) is 3.39. The summed E-state index contributed by atoms with van der Waals surface area (Å²) < 4.78 is 1.85. The Morgan fingerprint density at radius 1 is 1.37 bits per heavy atom. The molecule has 19 heavy (non-hydrogen) atoms. The first-order chi connectivity index (χ1) is 8.82. The number of aromatic nitrogens is 1. The van der Waals surface area contributed by atoms with Gasteiger partial charge in [0.25, 0.3) is 0 Å². The number of aryl methyl sites for hydroxylation is 2. The molecule has 1 aromatic heterocycles. The SMILES string of the molecule is Cc1cc(Cl)cc2c(=O)c(CC(=O)O)c(C)n(C)c12. The highest BCUT2D eigenvalue weighted by Gasteiger charge is 2.16. The Morgan fingerprint density at radius 2 is 2.00 bits per heavy atom. The molecule has 0 aliphatic rings. The van der Waals surface area contributed by atoms with E-state index in [1.807, 2.05) is 18.5 Å². The maximum atomic E-state index is 12.4. The molecule has 0 saturated heterocycles. The lowest BCUT2D eigenvalue weighted by Crippen LogP contribution is -2.20. The predicted octanol–water partition coefficient (Wildman–Crippen LogP) is 2.44. The van der Waals surface area contributed by atoms with Crippen LogP contribution in [0.1, 0.15) is 16.8 Å². The number of halogens is 1. The van der Waals surface area contributed by atoms with Crippen LogP contribution in [0.5, 0.6) is 0 Å². The van der Waals surface area contributed by atoms with E-state index in [4.69, 9.17) is 16.7 Å². The van der Waals surface area contributed by atoms with Crippen molar-refractivity contribution in [3.63, 3.8) is 0 Å². The van der Waals surface area contributed by atoms with Crippen molar-refractivity contribution >= 4 is 28.5 Å². The van der Waals surface area contributed by atoms with Crippen LogP contribution in [0.4, 0.5) is 0 Å². The first-order valence-electron chi connectivity index (χ1n) is 5.83. The molecule has 0 aliphatic heterocycles. The van der Waals surface area contributed by atoms with Gasteiger partial charge in [-0.3, -0.25) is 9.59 Å². The number of fused-ring (bicyclic) bond motifs is 1. The molecule has 0 aliphatic carbocycles. The first kappa shape index (κ1) is 13.6. The second-order valence-corrected chi connectivity index (χ2v) is 5.08. The first-order valence-corrected chi connectivity index (χ1v) is 6.21. The van der Waals surface area contributed by atoms with Gasteiger partial charge in [0.05, 0.1) is 11.9 Å². The predicted molar refractivity (Wildman–Crippen MR) is 75.0 cm³/mol. The Labute approximate surface area is 115 Å². The lowest BCUT2D eigenvalue weighted by atomic mass is 10.0. The van der Waals surface area contributed by atoms with E-state index >= 15 is 0 Å². The Bertz CT molecular complexity index is 747. The van der Waals surface area contributed by atoms with Crippen LogP contribution in [0.3, 0.4) is 0 Å². The molecule has 5 heteroatoms. The third-order valence-electron chi connectivity index (χ3n) is 3.39. The summed E-state index contributed by atoms with van der Waals surface area (Å²) in [6.45, 7) is 3.64. The molecule has 0 bridgehead atoms. The Kier molecular flexibility index (Phi) is 3.37. The Hall–Kier alpha value is -1.81. The zero-order valence-electron chi connectivity index (χ0n) is 11.0. The zero-order valence-corrected chi connectivity index (χ0v) is 11.7. The second kappa shape index (κ2) is 4.70. The standard InChI is InChI=1S/C14H14ClNO3/c1-7-4-9(15)5-11-13(7)16(3)8(2)10(14(11)19)6-12(17)18/h4-5H,6H2,1-3H3,(H,17,18). The molecular weight excluding hydrogens is 266 g/mol. The van der Waals surface area contributed by atoms with Gasteiger partial charge in [-0.2, -0.15) is 0 Å². The molecule has 0 atom stereocenters. The van der Waals surface area contributed by atoms with Gasteiger partial charge in [0.15, 0.2) is 5.43 Å². The van der Waals surface area contributed by atoms with E-state index in [9.17, 15) is 9.59 Å². The lowest BCUT2D eigenvalue weighted by Gasteiger charge is -2.15. The molecule has 0 radical (unpaired) electrons. The molecule has 1 aromatic carbocycles. The second-order valence-electron chi connectivity index (χ2n) is 4.64. The number of aliphatic carboxylic acids is 1. The van der Waals surface area contributed by atoms with Gasteiger partial charge in [0.2, 0.25) is 0 Å². The van der Waals surface area contributed by atoms with Crippen molar-refractivity contribution in [2.24, 2.45) is 7.05 Å². The van der Waals surface area contributed by atoms with Crippen molar-refractivity contribution < 1.29 is 9.90 Å². The van der Waals surface area contributed by atoms with Crippen LogP contribution in [0.2, 0.25) is 5.02 Å². The Balaban J connectivity index is 2.96. The number of carboxylic acid groups (broad SMARTS) is 1. The van der Waals surface area contributed by atoms with Gasteiger partial charge in [-0.05, 0) is 31.5 Å². The van der Waals surface area contributed by atoms with E-state index in [0.29, 0.717) is 21.7 Å². The van der Waals surface area contributed by atoms with Crippen molar-refractivity contribution in [3.8, 4) is 0 Å². The number of hydrogen-bond acceptors (Lipinski definition) is 2. The smallest absolute Gasteiger partial charge is 0.308 e. The molecule has 0 amide bonds. The molecule has 2 aromatic rings. The molecule has 0 fully saturated rings. The van der Waals surface area contributed by atoms with Crippen LogP contribution in [0.25, 0.3) is 10.9 Å². The number of nitrogens with zero attached hydrogens (tertiary/aromatic N) is 1. The fourth-order valence-corrected chi connectivity index (χ4v) is 2.68. The van der Waals surface area contributed by atoms with Crippen molar-refractivity contribution in [2.45, 2.75) is 20.3 Å². The molecule has 1 N–H and O–H groups in total. The fraction of sp³-hybridized carbons (Fsp3) is 0.286. The monoisotopic (exact) mass is 279 g/mol. The van der Waals surface area contributed by atoms with Crippen molar-refractivity contribution in [2.75, 3.05) is 0 Å². The van der Waals surface area contributed by atoms with Crippen LogP contribution < -0.4 is 5.43 Å². The number of benzene rings is 1. The highest BCUT2D eigenvalue weighted by molar-refractivity contribution is 6.31. The van der Waals surface area contributed by atoms with E-state index in [0.717, 1.165) is 11.1 Å². The average Bonchev–Trinajstić information content (AvgIpc) is 2.30. The molecule has 0 spiro atoms. The number of carbonyl (C=O) groups is 1. The van der Waals surface area contributed by atoms with E-state index in [1.54, 1.807) is 19.1 Å². The molecule has 0 unspecified atom stereocenters. The van der Waals surface area contributed by atoms with E-state index in [1.165, 1.54) is 0 Å². The maximum absolute atomic E-state index is 12.4. The lowest BCUT2D eigenvalue weighted by molar-refractivity contribution is -0.136. The van der Waals surface area contributed by atoms with Gasteiger partial charge in [-0.15, -0.1) is 0 Å². The van der Waals surface area contributed by atoms with Gasteiger partial charge in [0, 0.05) is 28.7 Å². The summed E-state index contributed by atoms with van der Waals surface area (Å²) in [5.41, 5.74) is 2.42. The zero-order chi connectivity index (χ0) is 14.3. The molecule has 0 saturated carbocycles. The summed E-state index contributed by atoms with van der Waals surface area (Å²) in [4.78, 5) is 23.3. The fourth-order valence-electron chi connectivity index (χ4n) is 2.41. The Morgan fingerprint density at radius 3 is 2.58 bits per heavy atom. The molecule has 100 valence electrons. The third-order valence-corrected chi connectivity index (χ3v) is 3.61. The largest absolute Gasteiger partial charge is 0.481 e. The molecule has 1 heterocycles. The van der Waals surface area contributed by atoms with Crippen LogP contribution >= 0.6 is 11.6 Å². The van der Waals surface area contributed by atoms with Crippen molar-refractivity contribution in [1.82, 2.24) is 4.57 Å². The van der Waals surface area contributed by atoms with E-state index in [2.05, 4.69) is 0 Å². The minimum absolute atomic E-state index is 0.251. The summed E-state index contributed by atoms with van der Waals surface area (Å²) in [5.74, 6) is -1.02. The number of hydrogen-bond donors (Lipinski definition) is 1. The minimum Gasteiger partial charge on any atom is -0.481 e. The van der Waals surface area contributed by atoms with Crippen LogP contribution in [-0.2, 0) is 18.3 Å². The minimum atomic E-state index is -1.02. The van der Waals surface area contributed by atoms with E-state index in [-0.39, 0.29) is 11.8 Å². The number of pyridine rings is 1. The highest BCUT2D eigenvalue weighted by atomic mass is 35.5.